The molecule has 0 fully saturated rings. The predicted octanol–water partition coefficient (Wildman–Crippen LogP) is 2.62. The Labute approximate surface area is 93.6 Å². The lowest BCUT2D eigenvalue weighted by molar-refractivity contribution is 0.364. The van der Waals surface area contributed by atoms with Crippen LogP contribution in [0.25, 0.3) is 0 Å². The molecular formula is C13H22N2. The molecule has 0 atom stereocenters. The Bertz CT molecular complexity index is 287. The topological polar surface area (TPSA) is 6.48 Å². The molecule has 84 valence electrons. The standard InChI is InChI=1S/C13H22N2/c1-6-14(5)9-13-8-7-12(4)15(10-13)11(2)3/h7-8,10-11H,4,6,9H2,1-3,5H3. The van der Waals surface area contributed by atoms with Crippen molar-refractivity contribution >= 4 is 0 Å². The maximum atomic E-state index is 4.03. The molecule has 1 heterocycles. The van der Waals surface area contributed by atoms with E-state index in [1.807, 2.05) is 0 Å². The number of hydrogen-bond donors (Lipinski definition) is 0. The van der Waals surface area contributed by atoms with E-state index < -0.39 is 0 Å². The molecule has 1 aliphatic heterocycles. The van der Waals surface area contributed by atoms with Gasteiger partial charge in [0.05, 0.1) is 0 Å². The van der Waals surface area contributed by atoms with Crippen LogP contribution in [-0.2, 0) is 0 Å². The van der Waals surface area contributed by atoms with E-state index in [0.717, 1.165) is 18.8 Å². The fraction of sp³-hybridized carbons (Fsp3) is 0.538. The molecule has 0 bridgehead atoms. The van der Waals surface area contributed by atoms with E-state index in [1.165, 1.54) is 5.57 Å². The van der Waals surface area contributed by atoms with Crippen molar-refractivity contribution in [1.29, 1.82) is 0 Å². The Morgan fingerprint density at radius 2 is 2.07 bits per heavy atom. The molecule has 0 aromatic heterocycles. The third kappa shape index (κ3) is 3.24. The van der Waals surface area contributed by atoms with Gasteiger partial charge in [0, 0.05) is 24.5 Å². The van der Waals surface area contributed by atoms with Crippen molar-refractivity contribution in [2.24, 2.45) is 0 Å². The molecule has 0 spiro atoms. The number of nitrogens with zero attached hydrogens (tertiary/aromatic N) is 2. The van der Waals surface area contributed by atoms with Crippen LogP contribution in [-0.4, -0.2) is 36.0 Å². The van der Waals surface area contributed by atoms with Gasteiger partial charge in [-0.1, -0.05) is 19.6 Å². The van der Waals surface area contributed by atoms with Gasteiger partial charge in [0.2, 0.25) is 0 Å². The van der Waals surface area contributed by atoms with Crippen molar-refractivity contribution in [2.75, 3.05) is 20.1 Å². The minimum atomic E-state index is 0.476. The van der Waals surface area contributed by atoms with Gasteiger partial charge in [-0.3, -0.25) is 0 Å². The van der Waals surface area contributed by atoms with Crippen LogP contribution < -0.4 is 0 Å². The average Bonchev–Trinajstić information content (AvgIpc) is 2.20. The van der Waals surface area contributed by atoms with Crippen molar-refractivity contribution < 1.29 is 0 Å². The van der Waals surface area contributed by atoms with Crippen LogP contribution in [0.2, 0.25) is 0 Å². The van der Waals surface area contributed by atoms with E-state index in [9.17, 15) is 0 Å². The molecule has 2 nitrogen and oxygen atoms in total. The molecule has 2 heteroatoms. The summed E-state index contributed by atoms with van der Waals surface area (Å²) in [6, 6.07) is 0.476. The van der Waals surface area contributed by atoms with E-state index in [2.05, 4.69) is 62.5 Å². The van der Waals surface area contributed by atoms with E-state index in [1.54, 1.807) is 0 Å². The first-order valence-electron chi connectivity index (χ1n) is 5.59. The number of hydrogen-bond acceptors (Lipinski definition) is 2. The number of rotatable bonds is 4. The average molecular weight is 206 g/mol. The lowest BCUT2D eigenvalue weighted by Crippen LogP contribution is -2.28. The van der Waals surface area contributed by atoms with Crippen LogP contribution in [0.5, 0.6) is 0 Å². The van der Waals surface area contributed by atoms with Gasteiger partial charge in [-0.05, 0) is 39.1 Å². The molecule has 15 heavy (non-hydrogen) atoms. The summed E-state index contributed by atoms with van der Waals surface area (Å²) >= 11 is 0. The third-order valence-corrected chi connectivity index (χ3v) is 2.68. The lowest BCUT2D eigenvalue weighted by atomic mass is 10.1. The molecule has 0 unspecified atom stereocenters. The maximum Gasteiger partial charge on any atom is 0.0335 e. The number of likely N-dealkylation sites (N-methyl/N-ethyl adjacent to an activating group) is 1. The largest absolute Gasteiger partial charge is 0.346 e. The highest BCUT2D eigenvalue weighted by Crippen LogP contribution is 2.18. The molecule has 0 aliphatic carbocycles. The first-order valence-corrected chi connectivity index (χ1v) is 5.59. The van der Waals surface area contributed by atoms with Crippen molar-refractivity contribution in [3.05, 3.63) is 36.2 Å². The fourth-order valence-corrected chi connectivity index (χ4v) is 1.59. The van der Waals surface area contributed by atoms with E-state index in [0.29, 0.717) is 6.04 Å². The highest BCUT2D eigenvalue weighted by atomic mass is 15.2. The first kappa shape index (κ1) is 12.1. The van der Waals surface area contributed by atoms with Gasteiger partial charge in [-0.25, -0.2) is 0 Å². The monoisotopic (exact) mass is 206 g/mol. The summed E-state index contributed by atoms with van der Waals surface area (Å²) in [6.07, 6.45) is 6.46. The summed E-state index contributed by atoms with van der Waals surface area (Å²) in [7, 11) is 2.14. The zero-order chi connectivity index (χ0) is 11.4. The molecule has 0 saturated heterocycles. The summed E-state index contributed by atoms with van der Waals surface area (Å²) in [5.74, 6) is 0. The van der Waals surface area contributed by atoms with Gasteiger partial charge in [0.15, 0.2) is 0 Å². The fourth-order valence-electron chi connectivity index (χ4n) is 1.59. The zero-order valence-corrected chi connectivity index (χ0v) is 10.3. The Kier molecular flexibility index (Phi) is 4.15. The van der Waals surface area contributed by atoms with Gasteiger partial charge in [0.1, 0.15) is 0 Å². The summed E-state index contributed by atoms with van der Waals surface area (Å²) < 4.78 is 0. The van der Waals surface area contributed by atoms with Gasteiger partial charge >= 0.3 is 0 Å². The smallest absolute Gasteiger partial charge is 0.0335 e. The number of allylic oxidation sites excluding steroid dienone is 1. The van der Waals surface area contributed by atoms with Crippen molar-refractivity contribution in [1.82, 2.24) is 9.80 Å². The second-order valence-electron chi connectivity index (χ2n) is 4.36. The Morgan fingerprint density at radius 1 is 1.40 bits per heavy atom. The minimum Gasteiger partial charge on any atom is -0.346 e. The van der Waals surface area contributed by atoms with Crippen LogP contribution >= 0.6 is 0 Å². The van der Waals surface area contributed by atoms with E-state index in [-0.39, 0.29) is 0 Å². The normalized spacial score (nSPS) is 16.5. The summed E-state index contributed by atoms with van der Waals surface area (Å²) in [5.41, 5.74) is 2.42. The third-order valence-electron chi connectivity index (χ3n) is 2.68. The van der Waals surface area contributed by atoms with Gasteiger partial charge in [-0.15, -0.1) is 0 Å². The maximum absolute atomic E-state index is 4.03. The molecule has 0 aromatic rings. The van der Waals surface area contributed by atoms with Crippen molar-refractivity contribution in [3.63, 3.8) is 0 Å². The Morgan fingerprint density at radius 3 is 2.60 bits per heavy atom. The zero-order valence-electron chi connectivity index (χ0n) is 10.3. The second-order valence-corrected chi connectivity index (χ2v) is 4.36. The molecule has 0 saturated carbocycles. The molecule has 0 N–H and O–H groups in total. The molecule has 1 aliphatic rings. The minimum absolute atomic E-state index is 0.476. The Hall–Kier alpha value is -1.02. The van der Waals surface area contributed by atoms with Crippen LogP contribution in [0.4, 0.5) is 0 Å². The van der Waals surface area contributed by atoms with Gasteiger partial charge in [-0.2, -0.15) is 0 Å². The van der Waals surface area contributed by atoms with Crippen LogP contribution in [0, 0.1) is 0 Å². The van der Waals surface area contributed by atoms with Crippen LogP contribution in [0.3, 0.4) is 0 Å². The molecule has 0 radical (unpaired) electrons. The molecule has 0 amide bonds. The first-order chi connectivity index (χ1) is 7.04. The van der Waals surface area contributed by atoms with Crippen LogP contribution in [0.1, 0.15) is 20.8 Å². The molecular weight excluding hydrogens is 184 g/mol. The Balaban J connectivity index is 2.70. The second kappa shape index (κ2) is 5.17. The molecule has 0 aromatic carbocycles. The quantitative estimate of drug-likeness (QED) is 0.697. The van der Waals surface area contributed by atoms with Crippen molar-refractivity contribution in [2.45, 2.75) is 26.8 Å². The van der Waals surface area contributed by atoms with Crippen molar-refractivity contribution in [3.8, 4) is 0 Å². The summed E-state index contributed by atoms with van der Waals surface area (Å²) in [5, 5.41) is 0. The van der Waals surface area contributed by atoms with Gasteiger partial charge < -0.3 is 9.80 Å². The SMILES string of the molecule is C=C1C=CC(CN(C)CC)=CN1C(C)C. The summed E-state index contributed by atoms with van der Waals surface area (Å²) in [4.78, 5) is 4.52. The van der Waals surface area contributed by atoms with Gasteiger partial charge in [0.25, 0.3) is 0 Å². The predicted molar refractivity (Wildman–Crippen MR) is 66.5 cm³/mol. The highest BCUT2D eigenvalue weighted by molar-refractivity contribution is 5.33. The van der Waals surface area contributed by atoms with E-state index in [4.69, 9.17) is 0 Å². The van der Waals surface area contributed by atoms with E-state index >= 15 is 0 Å². The summed E-state index contributed by atoms with van der Waals surface area (Å²) in [6.45, 7) is 12.7. The highest BCUT2D eigenvalue weighted by Gasteiger charge is 2.12. The lowest BCUT2D eigenvalue weighted by Gasteiger charge is -2.30. The molecule has 1 rings (SSSR count). The van der Waals surface area contributed by atoms with Crippen LogP contribution in [0.15, 0.2) is 36.2 Å².